The SMILES string of the molecule is COc1cc(OC)c(F)c(C#Cc2cnc(SC)nc2C)c1F. The molecule has 0 fully saturated rings. The lowest BCUT2D eigenvalue weighted by Crippen LogP contribution is -2.00. The first-order chi connectivity index (χ1) is 11.0. The van der Waals surface area contributed by atoms with Gasteiger partial charge in [-0.1, -0.05) is 23.6 Å². The molecule has 0 aliphatic rings. The topological polar surface area (TPSA) is 44.2 Å². The van der Waals surface area contributed by atoms with Gasteiger partial charge >= 0.3 is 0 Å². The van der Waals surface area contributed by atoms with Crippen LogP contribution >= 0.6 is 11.8 Å². The second-order valence-corrected chi connectivity index (χ2v) is 5.16. The van der Waals surface area contributed by atoms with Crippen molar-refractivity contribution in [3.05, 3.63) is 40.7 Å². The third-order valence-electron chi connectivity index (χ3n) is 3.04. The predicted octanol–water partition coefficient (Wildman–Crippen LogP) is 3.20. The van der Waals surface area contributed by atoms with Crippen LogP contribution in [-0.2, 0) is 0 Å². The normalized spacial score (nSPS) is 10.0. The molecule has 0 amide bonds. The Hall–Kier alpha value is -2.33. The van der Waals surface area contributed by atoms with Gasteiger partial charge in [0.2, 0.25) is 0 Å². The number of aromatic nitrogens is 2. The maximum absolute atomic E-state index is 14.2. The third kappa shape index (κ3) is 3.54. The van der Waals surface area contributed by atoms with E-state index in [1.54, 1.807) is 6.92 Å². The van der Waals surface area contributed by atoms with Gasteiger partial charge in [0.15, 0.2) is 28.3 Å². The molecule has 2 aromatic rings. The summed E-state index contributed by atoms with van der Waals surface area (Å²) < 4.78 is 38.2. The molecule has 0 aliphatic heterocycles. The molecule has 0 N–H and O–H groups in total. The second-order valence-electron chi connectivity index (χ2n) is 4.39. The van der Waals surface area contributed by atoms with Crippen LogP contribution in [0.5, 0.6) is 11.5 Å². The molecule has 0 saturated carbocycles. The predicted molar refractivity (Wildman–Crippen MR) is 84.0 cm³/mol. The molecule has 23 heavy (non-hydrogen) atoms. The first-order valence-electron chi connectivity index (χ1n) is 6.51. The molecule has 0 aliphatic carbocycles. The van der Waals surface area contributed by atoms with Crippen molar-refractivity contribution in [2.75, 3.05) is 20.5 Å². The molecular weight excluding hydrogens is 322 g/mol. The molecular formula is C16H14F2N2O2S. The monoisotopic (exact) mass is 336 g/mol. The van der Waals surface area contributed by atoms with Crippen molar-refractivity contribution in [2.45, 2.75) is 12.1 Å². The lowest BCUT2D eigenvalue weighted by molar-refractivity contribution is 0.357. The summed E-state index contributed by atoms with van der Waals surface area (Å²) >= 11 is 1.40. The highest BCUT2D eigenvalue weighted by Gasteiger charge is 2.18. The van der Waals surface area contributed by atoms with Crippen molar-refractivity contribution in [1.29, 1.82) is 0 Å². The average molecular weight is 336 g/mol. The van der Waals surface area contributed by atoms with Crippen molar-refractivity contribution >= 4 is 11.8 Å². The van der Waals surface area contributed by atoms with Gasteiger partial charge in [-0.3, -0.25) is 0 Å². The molecule has 4 nitrogen and oxygen atoms in total. The van der Waals surface area contributed by atoms with Gasteiger partial charge in [-0.25, -0.2) is 18.7 Å². The molecule has 1 aromatic carbocycles. The smallest absolute Gasteiger partial charge is 0.187 e. The number of thioether (sulfide) groups is 1. The van der Waals surface area contributed by atoms with Crippen LogP contribution in [0.25, 0.3) is 0 Å². The van der Waals surface area contributed by atoms with Gasteiger partial charge in [-0.15, -0.1) is 0 Å². The summed E-state index contributed by atoms with van der Waals surface area (Å²) in [5.74, 6) is 3.13. The Morgan fingerprint density at radius 2 is 1.70 bits per heavy atom. The molecule has 7 heteroatoms. The first kappa shape index (κ1) is 17.0. The van der Waals surface area contributed by atoms with Crippen molar-refractivity contribution in [1.82, 2.24) is 9.97 Å². The Kier molecular flexibility index (Phi) is 5.40. The van der Waals surface area contributed by atoms with E-state index < -0.39 is 17.2 Å². The van der Waals surface area contributed by atoms with Crippen LogP contribution < -0.4 is 9.47 Å². The molecule has 0 unspecified atom stereocenters. The lowest BCUT2D eigenvalue weighted by atomic mass is 10.1. The van der Waals surface area contributed by atoms with E-state index in [1.807, 2.05) is 6.26 Å². The standard InChI is InChI=1S/C16H14F2N2O2S/c1-9-10(8-19-16(20-9)23-4)5-6-11-14(17)12(21-2)7-13(22-3)15(11)18/h7-8H,1-4H3. The molecule has 120 valence electrons. The van der Waals surface area contributed by atoms with Crippen molar-refractivity contribution in [2.24, 2.45) is 0 Å². The van der Waals surface area contributed by atoms with E-state index in [4.69, 9.17) is 9.47 Å². The summed E-state index contributed by atoms with van der Waals surface area (Å²) in [5, 5.41) is 0.605. The largest absolute Gasteiger partial charge is 0.493 e. The molecule has 0 spiro atoms. The molecule has 1 aromatic heterocycles. The lowest BCUT2D eigenvalue weighted by Gasteiger charge is -2.09. The maximum Gasteiger partial charge on any atom is 0.187 e. The van der Waals surface area contributed by atoms with Crippen LogP contribution in [0.15, 0.2) is 17.4 Å². The number of rotatable bonds is 3. The minimum atomic E-state index is -0.877. The molecule has 0 saturated heterocycles. The van der Waals surface area contributed by atoms with E-state index >= 15 is 0 Å². The number of methoxy groups -OCH3 is 2. The Morgan fingerprint density at radius 3 is 2.17 bits per heavy atom. The fourth-order valence-corrected chi connectivity index (χ4v) is 2.18. The molecule has 0 radical (unpaired) electrons. The van der Waals surface area contributed by atoms with Crippen molar-refractivity contribution in [3.63, 3.8) is 0 Å². The van der Waals surface area contributed by atoms with E-state index in [-0.39, 0.29) is 11.5 Å². The Labute approximate surface area is 137 Å². The number of hydrogen-bond donors (Lipinski definition) is 0. The first-order valence-corrected chi connectivity index (χ1v) is 7.73. The van der Waals surface area contributed by atoms with Gasteiger partial charge in [0.1, 0.15) is 5.56 Å². The highest BCUT2D eigenvalue weighted by molar-refractivity contribution is 7.98. The van der Waals surface area contributed by atoms with Crippen LogP contribution in [0.4, 0.5) is 8.78 Å². The fraction of sp³-hybridized carbons (Fsp3) is 0.250. The number of hydrogen-bond acceptors (Lipinski definition) is 5. The summed E-state index contributed by atoms with van der Waals surface area (Å²) in [6, 6.07) is 1.14. The highest BCUT2D eigenvalue weighted by atomic mass is 32.2. The minimum Gasteiger partial charge on any atom is -0.493 e. The van der Waals surface area contributed by atoms with Crippen LogP contribution in [0, 0.1) is 30.4 Å². The molecule has 1 heterocycles. The summed E-state index contributed by atoms with van der Waals surface area (Å²) in [6.07, 6.45) is 3.38. The van der Waals surface area contributed by atoms with Gasteiger partial charge in [-0.2, -0.15) is 0 Å². The zero-order valence-electron chi connectivity index (χ0n) is 13.0. The quantitative estimate of drug-likeness (QED) is 0.489. The van der Waals surface area contributed by atoms with Crippen molar-refractivity contribution < 1.29 is 18.3 Å². The fourth-order valence-electron chi connectivity index (χ4n) is 1.79. The second kappa shape index (κ2) is 7.29. The van der Waals surface area contributed by atoms with E-state index in [0.29, 0.717) is 16.4 Å². The number of nitrogens with zero attached hydrogens (tertiary/aromatic N) is 2. The molecule has 0 atom stereocenters. The van der Waals surface area contributed by atoms with E-state index in [1.165, 1.54) is 32.2 Å². The third-order valence-corrected chi connectivity index (χ3v) is 3.60. The van der Waals surface area contributed by atoms with Gasteiger partial charge in [0.25, 0.3) is 0 Å². The zero-order chi connectivity index (χ0) is 17.0. The maximum atomic E-state index is 14.2. The zero-order valence-corrected chi connectivity index (χ0v) is 13.8. The van der Waals surface area contributed by atoms with E-state index in [0.717, 1.165) is 6.07 Å². The van der Waals surface area contributed by atoms with Crippen LogP contribution in [0.1, 0.15) is 16.8 Å². The molecule has 0 bridgehead atoms. The number of halogens is 2. The highest BCUT2D eigenvalue weighted by Crippen LogP contribution is 2.30. The van der Waals surface area contributed by atoms with Gasteiger partial charge in [-0.05, 0) is 13.2 Å². The van der Waals surface area contributed by atoms with Crippen LogP contribution in [0.2, 0.25) is 0 Å². The summed E-state index contributed by atoms with van der Waals surface area (Å²) in [7, 11) is 2.57. The summed E-state index contributed by atoms with van der Waals surface area (Å²) in [6.45, 7) is 1.75. The average Bonchev–Trinajstić information content (AvgIpc) is 2.56. The van der Waals surface area contributed by atoms with E-state index in [9.17, 15) is 8.78 Å². The van der Waals surface area contributed by atoms with Gasteiger partial charge in [0, 0.05) is 12.3 Å². The van der Waals surface area contributed by atoms with Gasteiger partial charge < -0.3 is 9.47 Å². The van der Waals surface area contributed by atoms with Gasteiger partial charge in [0.05, 0.1) is 25.5 Å². The Bertz CT molecular complexity index is 773. The van der Waals surface area contributed by atoms with Crippen molar-refractivity contribution in [3.8, 4) is 23.3 Å². The number of aryl methyl sites for hydroxylation is 1. The summed E-state index contributed by atoms with van der Waals surface area (Å²) in [4.78, 5) is 8.32. The summed E-state index contributed by atoms with van der Waals surface area (Å²) in [5.41, 5.74) is 0.699. The van der Waals surface area contributed by atoms with E-state index in [2.05, 4.69) is 21.8 Å². The number of ether oxygens (including phenoxy) is 2. The minimum absolute atomic E-state index is 0.141. The molecule has 2 rings (SSSR count). The Morgan fingerprint density at radius 1 is 1.09 bits per heavy atom. The van der Waals surface area contributed by atoms with Crippen LogP contribution in [0.3, 0.4) is 0 Å². The Balaban J connectivity index is 2.53. The van der Waals surface area contributed by atoms with Crippen LogP contribution in [-0.4, -0.2) is 30.4 Å². The number of benzene rings is 1.